The maximum absolute atomic E-state index is 12.2. The number of H-pyrrole nitrogens is 1. The number of aromatic amines is 1. The fraction of sp³-hybridized carbons (Fsp3) is 0.706. The Morgan fingerprint density at radius 2 is 2.24 bits per heavy atom. The Bertz CT molecular complexity index is 798. The summed E-state index contributed by atoms with van der Waals surface area (Å²) in [6.07, 6.45) is 3.95. The zero-order valence-electron chi connectivity index (χ0n) is 14.9. The van der Waals surface area contributed by atoms with E-state index in [9.17, 15) is 4.79 Å². The minimum atomic E-state index is -0.115. The first kappa shape index (κ1) is 16.7. The average molecular weight is 346 g/mol. The van der Waals surface area contributed by atoms with Crippen LogP contribution < -0.4 is 5.56 Å². The van der Waals surface area contributed by atoms with Gasteiger partial charge in [0, 0.05) is 38.8 Å². The molecular formula is C17H26N6O2. The van der Waals surface area contributed by atoms with Gasteiger partial charge in [0.15, 0.2) is 5.65 Å². The van der Waals surface area contributed by atoms with E-state index in [1.54, 1.807) is 10.9 Å². The van der Waals surface area contributed by atoms with Gasteiger partial charge in [-0.15, -0.1) is 0 Å². The molecule has 2 aliphatic heterocycles. The van der Waals surface area contributed by atoms with Gasteiger partial charge in [0.2, 0.25) is 0 Å². The van der Waals surface area contributed by atoms with Crippen LogP contribution in [0.4, 0.5) is 0 Å². The molecule has 2 aromatic rings. The first-order valence-electron chi connectivity index (χ1n) is 9.12. The number of nitrogens with one attached hydrogen (secondary N) is 1. The lowest BCUT2D eigenvalue weighted by molar-refractivity contribution is -0.0843. The van der Waals surface area contributed by atoms with Gasteiger partial charge in [-0.1, -0.05) is 13.3 Å². The highest BCUT2D eigenvalue weighted by molar-refractivity contribution is 5.72. The molecule has 0 bridgehead atoms. The molecule has 2 aliphatic rings. The number of morpholine rings is 1. The second kappa shape index (κ2) is 6.86. The van der Waals surface area contributed by atoms with Crippen LogP contribution in [-0.2, 0) is 18.3 Å². The zero-order valence-corrected chi connectivity index (χ0v) is 14.9. The van der Waals surface area contributed by atoms with Crippen LogP contribution in [0.3, 0.4) is 0 Å². The summed E-state index contributed by atoms with van der Waals surface area (Å²) in [5, 5.41) is 4.66. The molecule has 25 heavy (non-hydrogen) atoms. The molecular weight excluding hydrogens is 320 g/mol. The highest BCUT2D eigenvalue weighted by Gasteiger charge is 2.35. The van der Waals surface area contributed by atoms with Crippen molar-refractivity contribution in [2.75, 3.05) is 32.8 Å². The topological polar surface area (TPSA) is 79.3 Å². The Balaban J connectivity index is 1.47. The van der Waals surface area contributed by atoms with Gasteiger partial charge in [-0.05, 0) is 6.42 Å². The maximum atomic E-state index is 12.2. The number of rotatable bonds is 4. The quantitative estimate of drug-likeness (QED) is 0.860. The van der Waals surface area contributed by atoms with E-state index in [4.69, 9.17) is 4.74 Å². The summed E-state index contributed by atoms with van der Waals surface area (Å²) in [6, 6.07) is 0.987. The van der Waals surface area contributed by atoms with Crippen molar-refractivity contribution in [2.24, 2.45) is 7.05 Å². The molecule has 0 amide bonds. The fourth-order valence-electron chi connectivity index (χ4n) is 4.09. The van der Waals surface area contributed by atoms with E-state index in [-0.39, 0.29) is 5.56 Å². The van der Waals surface area contributed by atoms with Crippen LogP contribution in [0.15, 0.2) is 11.0 Å². The summed E-state index contributed by atoms with van der Waals surface area (Å²) in [5.74, 6) is 0.705. The lowest BCUT2D eigenvalue weighted by Gasteiger charge is -2.48. The van der Waals surface area contributed by atoms with Crippen molar-refractivity contribution < 1.29 is 4.74 Å². The number of nitrogens with zero attached hydrogens (tertiary/aromatic N) is 5. The largest absolute Gasteiger partial charge is 0.378 e. The minimum Gasteiger partial charge on any atom is -0.378 e. The highest BCUT2D eigenvalue weighted by Crippen LogP contribution is 2.22. The lowest BCUT2D eigenvalue weighted by atomic mass is 10.0. The van der Waals surface area contributed by atoms with E-state index in [0.29, 0.717) is 35.5 Å². The van der Waals surface area contributed by atoms with Crippen LogP contribution in [0.1, 0.15) is 25.6 Å². The van der Waals surface area contributed by atoms with E-state index in [2.05, 4.69) is 31.8 Å². The molecule has 8 heteroatoms. The van der Waals surface area contributed by atoms with Crippen molar-refractivity contribution >= 4 is 11.0 Å². The molecule has 0 radical (unpaired) electrons. The first-order valence-corrected chi connectivity index (χ1v) is 9.12. The monoisotopic (exact) mass is 346 g/mol. The Labute approximate surface area is 146 Å². The number of aromatic nitrogens is 4. The van der Waals surface area contributed by atoms with Crippen LogP contribution in [0.5, 0.6) is 0 Å². The Morgan fingerprint density at radius 1 is 1.36 bits per heavy atom. The van der Waals surface area contributed by atoms with Gasteiger partial charge in [0.05, 0.1) is 26.0 Å². The SMILES string of the molecule is CCC[C@H]1COC[C@H]2CN(Cc3nc4c(cnn4C)c(=O)[nH]3)CCN12. The van der Waals surface area contributed by atoms with Gasteiger partial charge in [-0.25, -0.2) is 4.98 Å². The molecule has 2 saturated heterocycles. The van der Waals surface area contributed by atoms with Crippen LogP contribution >= 0.6 is 0 Å². The van der Waals surface area contributed by atoms with Crippen molar-refractivity contribution in [1.29, 1.82) is 0 Å². The third kappa shape index (κ3) is 3.21. The summed E-state index contributed by atoms with van der Waals surface area (Å²) < 4.78 is 7.48. The number of fused-ring (bicyclic) bond motifs is 2. The van der Waals surface area contributed by atoms with Crippen LogP contribution in [0, 0.1) is 0 Å². The number of hydrogen-bond acceptors (Lipinski definition) is 6. The Kier molecular flexibility index (Phi) is 4.58. The molecule has 136 valence electrons. The van der Waals surface area contributed by atoms with E-state index in [1.165, 1.54) is 12.8 Å². The molecule has 2 aromatic heterocycles. The van der Waals surface area contributed by atoms with Gasteiger partial charge in [-0.3, -0.25) is 19.3 Å². The average Bonchev–Trinajstić information content (AvgIpc) is 2.97. The van der Waals surface area contributed by atoms with Crippen molar-refractivity contribution in [3.63, 3.8) is 0 Å². The van der Waals surface area contributed by atoms with Crippen molar-refractivity contribution in [2.45, 2.75) is 38.4 Å². The van der Waals surface area contributed by atoms with Gasteiger partial charge in [0.25, 0.3) is 5.56 Å². The minimum absolute atomic E-state index is 0.115. The highest BCUT2D eigenvalue weighted by atomic mass is 16.5. The van der Waals surface area contributed by atoms with Gasteiger partial charge in [-0.2, -0.15) is 5.10 Å². The standard InChI is InChI=1S/C17H26N6O2/c1-3-4-12-10-25-11-13-8-22(5-6-23(12)13)9-15-19-16-14(17(24)20-15)7-18-21(16)2/h7,12-13H,3-6,8-11H2,1-2H3,(H,19,20,24)/t12-,13+/m0/s1. The van der Waals surface area contributed by atoms with Gasteiger partial charge >= 0.3 is 0 Å². The lowest BCUT2D eigenvalue weighted by Crippen LogP contribution is -2.61. The second-order valence-electron chi connectivity index (χ2n) is 7.12. The van der Waals surface area contributed by atoms with E-state index >= 15 is 0 Å². The van der Waals surface area contributed by atoms with Crippen LogP contribution in [0.2, 0.25) is 0 Å². The number of hydrogen-bond donors (Lipinski definition) is 1. The molecule has 1 N–H and O–H groups in total. The Morgan fingerprint density at radius 3 is 3.08 bits per heavy atom. The predicted octanol–water partition coefficient (Wildman–Crippen LogP) is 0.342. The zero-order chi connectivity index (χ0) is 17.4. The molecule has 0 spiro atoms. The summed E-state index contributed by atoms with van der Waals surface area (Å²) in [5.41, 5.74) is 0.525. The molecule has 0 unspecified atom stereocenters. The normalized spacial score (nSPS) is 25.4. The van der Waals surface area contributed by atoms with Gasteiger partial charge in [0.1, 0.15) is 11.2 Å². The number of piperazine rings is 1. The van der Waals surface area contributed by atoms with Gasteiger partial charge < -0.3 is 9.72 Å². The molecule has 4 heterocycles. The predicted molar refractivity (Wildman–Crippen MR) is 94.4 cm³/mol. The van der Waals surface area contributed by atoms with Crippen LogP contribution in [0.25, 0.3) is 11.0 Å². The molecule has 0 aromatic carbocycles. The number of aryl methyl sites for hydroxylation is 1. The summed E-state index contributed by atoms with van der Waals surface area (Å²) in [6.45, 7) is 7.53. The van der Waals surface area contributed by atoms with Crippen molar-refractivity contribution in [3.05, 3.63) is 22.4 Å². The second-order valence-corrected chi connectivity index (χ2v) is 7.12. The first-order chi connectivity index (χ1) is 12.2. The van der Waals surface area contributed by atoms with Crippen molar-refractivity contribution in [3.8, 4) is 0 Å². The number of ether oxygens (including phenoxy) is 1. The molecule has 0 aliphatic carbocycles. The third-order valence-corrected chi connectivity index (χ3v) is 5.35. The molecule has 0 saturated carbocycles. The smallest absolute Gasteiger partial charge is 0.262 e. The van der Waals surface area contributed by atoms with E-state index in [0.717, 1.165) is 32.8 Å². The van der Waals surface area contributed by atoms with Crippen molar-refractivity contribution in [1.82, 2.24) is 29.5 Å². The van der Waals surface area contributed by atoms with Crippen LogP contribution in [-0.4, -0.2) is 74.5 Å². The fourth-order valence-corrected chi connectivity index (χ4v) is 4.09. The Hall–Kier alpha value is -1.77. The molecule has 2 atom stereocenters. The molecule has 8 nitrogen and oxygen atoms in total. The summed E-state index contributed by atoms with van der Waals surface area (Å²) in [4.78, 5) is 24.7. The summed E-state index contributed by atoms with van der Waals surface area (Å²) in [7, 11) is 1.81. The van der Waals surface area contributed by atoms with E-state index < -0.39 is 0 Å². The third-order valence-electron chi connectivity index (χ3n) is 5.35. The summed E-state index contributed by atoms with van der Waals surface area (Å²) >= 11 is 0. The molecule has 4 rings (SSSR count). The maximum Gasteiger partial charge on any atom is 0.262 e. The molecule has 2 fully saturated rings. The van der Waals surface area contributed by atoms with E-state index in [1.807, 2.05) is 7.05 Å².